The number of piperazine rings is 1. The lowest BCUT2D eigenvalue weighted by Crippen LogP contribution is -2.63. The number of carbonyl (C=O) groups excluding carboxylic acids is 2. The molecular formula is C23H20FN5O2S. The molecule has 0 saturated carbocycles. The number of hydrogen-bond donors (Lipinski definition) is 1. The van der Waals surface area contributed by atoms with E-state index in [4.69, 9.17) is 0 Å². The van der Waals surface area contributed by atoms with Gasteiger partial charge in [0.2, 0.25) is 5.91 Å². The Kier molecular flexibility index (Phi) is 4.78. The molecule has 0 bridgehead atoms. The average Bonchev–Trinajstić information content (AvgIpc) is 3.45. The van der Waals surface area contributed by atoms with Gasteiger partial charge in [-0.2, -0.15) is 16.4 Å². The SMILES string of the molecule is CC1(C)C(=O)NCCN1C(=O)c1cn2nc(-c3ccc(F)cc3)cc(-c3ccsc3)c2n1. The predicted molar refractivity (Wildman–Crippen MR) is 120 cm³/mol. The minimum atomic E-state index is -0.978. The summed E-state index contributed by atoms with van der Waals surface area (Å²) in [6.45, 7) is 4.24. The van der Waals surface area contributed by atoms with Gasteiger partial charge in [0.25, 0.3) is 5.91 Å². The molecule has 4 aromatic rings. The van der Waals surface area contributed by atoms with E-state index >= 15 is 0 Å². The van der Waals surface area contributed by atoms with Gasteiger partial charge < -0.3 is 10.2 Å². The number of aromatic nitrogens is 3. The number of thiophene rings is 1. The third-order valence-corrected chi connectivity index (χ3v) is 6.40. The molecule has 1 aromatic carbocycles. The smallest absolute Gasteiger partial charge is 0.275 e. The Labute approximate surface area is 187 Å². The molecule has 0 spiro atoms. The van der Waals surface area contributed by atoms with Crippen LogP contribution in [0.2, 0.25) is 0 Å². The largest absolute Gasteiger partial charge is 0.352 e. The number of rotatable bonds is 3. The Morgan fingerprint density at radius 2 is 1.97 bits per heavy atom. The number of amides is 2. The van der Waals surface area contributed by atoms with Crippen molar-refractivity contribution in [1.82, 2.24) is 24.8 Å². The number of carbonyl (C=O) groups is 2. The van der Waals surface area contributed by atoms with Gasteiger partial charge in [-0.05, 0) is 66.6 Å². The lowest BCUT2D eigenvalue weighted by Gasteiger charge is -2.40. The zero-order chi connectivity index (χ0) is 22.5. The van der Waals surface area contributed by atoms with Crippen molar-refractivity contribution < 1.29 is 14.0 Å². The number of halogens is 1. The first kappa shape index (κ1) is 20.3. The van der Waals surface area contributed by atoms with Crippen LogP contribution in [0.15, 0.2) is 53.4 Å². The summed E-state index contributed by atoms with van der Waals surface area (Å²) in [6, 6.07) is 9.97. The Morgan fingerprint density at radius 3 is 2.69 bits per heavy atom. The minimum absolute atomic E-state index is 0.198. The molecule has 1 saturated heterocycles. The van der Waals surface area contributed by atoms with Gasteiger partial charge in [-0.1, -0.05) is 0 Å². The summed E-state index contributed by atoms with van der Waals surface area (Å²) < 4.78 is 15.0. The quantitative estimate of drug-likeness (QED) is 0.518. The van der Waals surface area contributed by atoms with Crippen molar-refractivity contribution >= 4 is 28.8 Å². The zero-order valence-electron chi connectivity index (χ0n) is 17.5. The number of fused-ring (bicyclic) bond motifs is 1. The number of nitrogens with one attached hydrogen (secondary N) is 1. The Morgan fingerprint density at radius 1 is 1.19 bits per heavy atom. The molecule has 2 amide bonds. The maximum absolute atomic E-state index is 13.4. The summed E-state index contributed by atoms with van der Waals surface area (Å²) >= 11 is 1.56. The summed E-state index contributed by atoms with van der Waals surface area (Å²) in [6.07, 6.45) is 1.59. The van der Waals surface area contributed by atoms with E-state index in [0.717, 1.165) is 16.7 Å². The van der Waals surface area contributed by atoms with E-state index < -0.39 is 5.54 Å². The van der Waals surface area contributed by atoms with Gasteiger partial charge in [-0.25, -0.2) is 13.9 Å². The topological polar surface area (TPSA) is 79.6 Å². The molecule has 4 heterocycles. The molecule has 0 unspecified atom stereocenters. The molecule has 5 rings (SSSR count). The van der Waals surface area contributed by atoms with Gasteiger partial charge in [0, 0.05) is 24.2 Å². The number of nitrogens with zero attached hydrogens (tertiary/aromatic N) is 4. The van der Waals surface area contributed by atoms with Crippen LogP contribution in [0.5, 0.6) is 0 Å². The Balaban J connectivity index is 1.64. The Hall–Kier alpha value is -3.59. The summed E-state index contributed by atoms with van der Waals surface area (Å²) in [5.41, 5.74) is 2.93. The standard InChI is InChI=1S/C23H20FN5O2S/c1-23(2)22(31)25-8-9-28(23)21(30)19-12-29-20(26-19)17(15-7-10-32-13-15)11-18(27-29)14-3-5-16(24)6-4-14/h3-7,10-13H,8-9H2,1-2H3,(H,25,31). The highest BCUT2D eigenvalue weighted by Crippen LogP contribution is 2.30. The monoisotopic (exact) mass is 449 g/mol. The number of imidazole rings is 1. The van der Waals surface area contributed by atoms with E-state index in [1.165, 1.54) is 12.1 Å². The molecule has 3 aromatic heterocycles. The van der Waals surface area contributed by atoms with Gasteiger partial charge in [0.15, 0.2) is 5.65 Å². The van der Waals surface area contributed by atoms with Crippen LogP contribution in [0, 0.1) is 5.82 Å². The molecule has 0 aliphatic carbocycles. The fourth-order valence-electron chi connectivity index (χ4n) is 3.87. The van der Waals surface area contributed by atoms with Crippen molar-refractivity contribution in [3.05, 3.63) is 64.9 Å². The van der Waals surface area contributed by atoms with Gasteiger partial charge in [0.05, 0.1) is 11.9 Å². The van der Waals surface area contributed by atoms with E-state index in [1.807, 2.05) is 22.9 Å². The van der Waals surface area contributed by atoms with Crippen molar-refractivity contribution in [3.63, 3.8) is 0 Å². The molecule has 0 radical (unpaired) electrons. The summed E-state index contributed by atoms with van der Waals surface area (Å²) in [5.74, 6) is -0.844. The fourth-order valence-corrected chi connectivity index (χ4v) is 4.52. The normalized spacial score (nSPS) is 15.7. The van der Waals surface area contributed by atoms with Gasteiger partial charge in [-0.3, -0.25) is 9.59 Å². The second kappa shape index (κ2) is 7.52. The highest BCUT2D eigenvalue weighted by Gasteiger charge is 2.41. The molecule has 32 heavy (non-hydrogen) atoms. The molecule has 1 fully saturated rings. The lowest BCUT2D eigenvalue weighted by molar-refractivity contribution is -0.133. The van der Waals surface area contributed by atoms with E-state index in [1.54, 1.807) is 52.9 Å². The van der Waals surface area contributed by atoms with Crippen LogP contribution in [0.3, 0.4) is 0 Å². The van der Waals surface area contributed by atoms with Crippen LogP contribution in [-0.4, -0.2) is 49.9 Å². The molecule has 1 N–H and O–H groups in total. The van der Waals surface area contributed by atoms with Gasteiger partial charge in [0.1, 0.15) is 17.1 Å². The molecule has 162 valence electrons. The summed E-state index contributed by atoms with van der Waals surface area (Å²) in [5, 5.41) is 11.4. The van der Waals surface area contributed by atoms with Crippen molar-refractivity contribution in [2.45, 2.75) is 19.4 Å². The molecule has 0 atom stereocenters. The van der Waals surface area contributed by atoms with Crippen molar-refractivity contribution in [2.75, 3.05) is 13.1 Å². The third-order valence-electron chi connectivity index (χ3n) is 5.71. The average molecular weight is 450 g/mol. The first-order chi connectivity index (χ1) is 15.3. The summed E-state index contributed by atoms with van der Waals surface area (Å²) in [7, 11) is 0. The maximum Gasteiger partial charge on any atom is 0.275 e. The molecular weight excluding hydrogens is 429 g/mol. The van der Waals surface area contributed by atoms with Crippen LogP contribution in [0.25, 0.3) is 28.0 Å². The van der Waals surface area contributed by atoms with Crippen molar-refractivity contribution in [2.24, 2.45) is 0 Å². The van der Waals surface area contributed by atoms with Crippen LogP contribution >= 0.6 is 11.3 Å². The molecule has 9 heteroatoms. The Bertz CT molecular complexity index is 1330. The maximum atomic E-state index is 13.4. The van der Waals surface area contributed by atoms with Crippen LogP contribution in [0.1, 0.15) is 24.3 Å². The lowest BCUT2D eigenvalue weighted by atomic mass is 9.98. The number of hydrogen-bond acceptors (Lipinski definition) is 5. The van der Waals surface area contributed by atoms with Crippen LogP contribution < -0.4 is 5.32 Å². The number of benzene rings is 1. The van der Waals surface area contributed by atoms with Gasteiger partial charge >= 0.3 is 0 Å². The summed E-state index contributed by atoms with van der Waals surface area (Å²) in [4.78, 5) is 31.8. The van der Waals surface area contributed by atoms with Crippen molar-refractivity contribution in [3.8, 4) is 22.4 Å². The van der Waals surface area contributed by atoms with E-state index in [2.05, 4.69) is 15.4 Å². The van der Waals surface area contributed by atoms with Gasteiger partial charge in [-0.15, -0.1) is 0 Å². The van der Waals surface area contributed by atoms with E-state index in [9.17, 15) is 14.0 Å². The molecule has 1 aliphatic heterocycles. The second-order valence-electron chi connectivity index (χ2n) is 8.13. The molecule has 7 nitrogen and oxygen atoms in total. The van der Waals surface area contributed by atoms with Crippen LogP contribution in [0.4, 0.5) is 4.39 Å². The van der Waals surface area contributed by atoms with Crippen molar-refractivity contribution in [1.29, 1.82) is 0 Å². The highest BCUT2D eigenvalue weighted by atomic mass is 32.1. The minimum Gasteiger partial charge on any atom is -0.352 e. The zero-order valence-corrected chi connectivity index (χ0v) is 18.3. The highest BCUT2D eigenvalue weighted by molar-refractivity contribution is 7.08. The molecule has 1 aliphatic rings. The van der Waals surface area contributed by atoms with Crippen LogP contribution in [-0.2, 0) is 4.79 Å². The first-order valence-electron chi connectivity index (χ1n) is 10.1. The third kappa shape index (κ3) is 3.34. The van der Waals surface area contributed by atoms with E-state index in [0.29, 0.717) is 24.4 Å². The fraction of sp³-hybridized carbons (Fsp3) is 0.217. The predicted octanol–water partition coefficient (Wildman–Crippen LogP) is 3.61. The first-order valence-corrected chi connectivity index (χ1v) is 11.1. The van der Waals surface area contributed by atoms with E-state index in [-0.39, 0.29) is 23.3 Å². The second-order valence-corrected chi connectivity index (χ2v) is 8.91.